The van der Waals surface area contributed by atoms with Gasteiger partial charge in [0.2, 0.25) is 0 Å². The van der Waals surface area contributed by atoms with Crippen molar-refractivity contribution in [3.8, 4) is 0 Å². The molecule has 1 saturated heterocycles. The average Bonchev–Trinajstić information content (AvgIpc) is 2.63. The van der Waals surface area contributed by atoms with Gasteiger partial charge in [-0.1, -0.05) is 0 Å². The van der Waals surface area contributed by atoms with Gasteiger partial charge in [-0.25, -0.2) is 9.97 Å². The SMILES string of the molecule is Cc1nccc(NCC2(C)OCCO2)n1. The van der Waals surface area contributed by atoms with E-state index in [1.54, 1.807) is 6.20 Å². The standard InChI is InChI=1S/C10H15N3O2/c1-8-11-4-3-9(13-8)12-7-10(2)14-5-6-15-10/h3-4H,5-7H2,1-2H3,(H,11,12,13). The molecular weight excluding hydrogens is 194 g/mol. The van der Waals surface area contributed by atoms with E-state index in [0.717, 1.165) is 11.6 Å². The molecule has 2 rings (SSSR count). The van der Waals surface area contributed by atoms with Gasteiger partial charge in [-0.2, -0.15) is 0 Å². The van der Waals surface area contributed by atoms with E-state index in [0.29, 0.717) is 19.8 Å². The Kier molecular flexibility index (Phi) is 2.83. The second kappa shape index (κ2) is 4.12. The van der Waals surface area contributed by atoms with E-state index in [1.165, 1.54) is 0 Å². The third-order valence-electron chi connectivity index (χ3n) is 2.26. The van der Waals surface area contributed by atoms with Gasteiger partial charge in [-0.3, -0.25) is 0 Å². The molecule has 1 aromatic heterocycles. The van der Waals surface area contributed by atoms with Crippen LogP contribution in [0.2, 0.25) is 0 Å². The second-order valence-corrected chi connectivity index (χ2v) is 3.67. The summed E-state index contributed by atoms with van der Waals surface area (Å²) in [6.45, 7) is 5.67. The molecule has 0 saturated carbocycles. The van der Waals surface area contributed by atoms with Crippen LogP contribution >= 0.6 is 0 Å². The second-order valence-electron chi connectivity index (χ2n) is 3.67. The zero-order chi connectivity index (χ0) is 10.7. The Bertz CT molecular complexity index is 337. The van der Waals surface area contributed by atoms with Crippen molar-refractivity contribution in [2.45, 2.75) is 19.6 Å². The highest BCUT2D eigenvalue weighted by Crippen LogP contribution is 2.18. The Morgan fingerprint density at radius 2 is 2.20 bits per heavy atom. The molecule has 0 aromatic carbocycles. The highest BCUT2D eigenvalue weighted by molar-refractivity contribution is 5.33. The first kappa shape index (κ1) is 10.3. The van der Waals surface area contributed by atoms with Crippen molar-refractivity contribution in [3.63, 3.8) is 0 Å². The quantitative estimate of drug-likeness (QED) is 0.803. The highest BCUT2D eigenvalue weighted by atomic mass is 16.7. The summed E-state index contributed by atoms with van der Waals surface area (Å²) in [6.07, 6.45) is 1.73. The van der Waals surface area contributed by atoms with Crippen molar-refractivity contribution in [2.75, 3.05) is 25.1 Å². The van der Waals surface area contributed by atoms with Gasteiger partial charge < -0.3 is 14.8 Å². The molecule has 0 atom stereocenters. The molecule has 5 heteroatoms. The van der Waals surface area contributed by atoms with Crippen LogP contribution in [0.4, 0.5) is 5.82 Å². The molecule has 0 amide bonds. The lowest BCUT2D eigenvalue weighted by Gasteiger charge is -2.22. The molecule has 5 nitrogen and oxygen atoms in total. The maximum Gasteiger partial charge on any atom is 0.182 e. The lowest BCUT2D eigenvalue weighted by Crippen LogP contribution is -2.34. The molecular formula is C10H15N3O2. The van der Waals surface area contributed by atoms with Gasteiger partial charge in [0.05, 0.1) is 19.8 Å². The molecule has 2 heterocycles. The third kappa shape index (κ3) is 2.64. The molecule has 0 radical (unpaired) electrons. The maximum atomic E-state index is 5.46. The van der Waals surface area contributed by atoms with E-state index >= 15 is 0 Å². The van der Waals surface area contributed by atoms with Crippen molar-refractivity contribution >= 4 is 5.82 Å². The van der Waals surface area contributed by atoms with Gasteiger partial charge in [0.15, 0.2) is 5.79 Å². The van der Waals surface area contributed by atoms with Crippen molar-refractivity contribution in [1.82, 2.24) is 9.97 Å². The lowest BCUT2D eigenvalue weighted by atomic mass is 10.3. The van der Waals surface area contributed by atoms with Gasteiger partial charge >= 0.3 is 0 Å². The Morgan fingerprint density at radius 1 is 1.47 bits per heavy atom. The fraction of sp³-hybridized carbons (Fsp3) is 0.600. The van der Waals surface area contributed by atoms with Crippen LogP contribution in [0.5, 0.6) is 0 Å². The van der Waals surface area contributed by atoms with Gasteiger partial charge in [0.25, 0.3) is 0 Å². The molecule has 0 spiro atoms. The smallest absolute Gasteiger partial charge is 0.182 e. The van der Waals surface area contributed by atoms with Crippen LogP contribution in [0.15, 0.2) is 12.3 Å². The Balaban J connectivity index is 1.92. The molecule has 82 valence electrons. The van der Waals surface area contributed by atoms with E-state index in [-0.39, 0.29) is 0 Å². The largest absolute Gasteiger partial charge is 0.365 e. The maximum absolute atomic E-state index is 5.46. The minimum absolute atomic E-state index is 0.529. The summed E-state index contributed by atoms with van der Waals surface area (Å²) in [4.78, 5) is 8.26. The number of rotatable bonds is 3. The number of hydrogen-bond donors (Lipinski definition) is 1. The summed E-state index contributed by atoms with van der Waals surface area (Å²) in [5, 5.41) is 3.17. The number of nitrogens with zero attached hydrogens (tertiary/aromatic N) is 2. The van der Waals surface area contributed by atoms with E-state index < -0.39 is 5.79 Å². The molecule has 0 unspecified atom stereocenters. The topological polar surface area (TPSA) is 56.3 Å². The van der Waals surface area contributed by atoms with Crippen LogP contribution in [0.3, 0.4) is 0 Å². The van der Waals surface area contributed by atoms with Crippen LogP contribution in [-0.2, 0) is 9.47 Å². The number of aromatic nitrogens is 2. The van der Waals surface area contributed by atoms with Crippen molar-refractivity contribution in [3.05, 3.63) is 18.1 Å². The van der Waals surface area contributed by atoms with E-state index in [9.17, 15) is 0 Å². The predicted octanol–water partition coefficient (Wildman–Crippen LogP) is 0.960. The molecule has 1 N–H and O–H groups in total. The summed E-state index contributed by atoms with van der Waals surface area (Å²) in [5.74, 6) is 1.01. The predicted molar refractivity (Wildman–Crippen MR) is 55.6 cm³/mol. The number of ether oxygens (including phenoxy) is 2. The first-order chi connectivity index (χ1) is 7.18. The normalized spacial score (nSPS) is 19.1. The average molecular weight is 209 g/mol. The third-order valence-corrected chi connectivity index (χ3v) is 2.26. The van der Waals surface area contributed by atoms with E-state index in [1.807, 2.05) is 19.9 Å². The number of hydrogen-bond acceptors (Lipinski definition) is 5. The molecule has 1 aliphatic rings. The van der Waals surface area contributed by atoms with Crippen LogP contribution < -0.4 is 5.32 Å². The van der Waals surface area contributed by atoms with E-state index in [2.05, 4.69) is 15.3 Å². The number of anilines is 1. The van der Waals surface area contributed by atoms with E-state index in [4.69, 9.17) is 9.47 Å². The fourth-order valence-corrected chi connectivity index (χ4v) is 1.46. The van der Waals surface area contributed by atoms with Crippen LogP contribution in [0.25, 0.3) is 0 Å². The molecule has 0 bridgehead atoms. The van der Waals surface area contributed by atoms with Crippen molar-refractivity contribution < 1.29 is 9.47 Å². The van der Waals surface area contributed by atoms with Crippen LogP contribution in [-0.4, -0.2) is 35.5 Å². The first-order valence-electron chi connectivity index (χ1n) is 4.99. The molecule has 15 heavy (non-hydrogen) atoms. The van der Waals surface area contributed by atoms with Crippen molar-refractivity contribution in [2.24, 2.45) is 0 Å². The minimum atomic E-state index is -0.529. The molecule has 1 aromatic rings. The van der Waals surface area contributed by atoms with Crippen LogP contribution in [0.1, 0.15) is 12.7 Å². The fourth-order valence-electron chi connectivity index (χ4n) is 1.46. The van der Waals surface area contributed by atoms with Crippen LogP contribution in [0, 0.1) is 6.92 Å². The number of aryl methyl sites for hydroxylation is 1. The molecule has 1 fully saturated rings. The highest BCUT2D eigenvalue weighted by Gasteiger charge is 2.30. The van der Waals surface area contributed by atoms with Gasteiger partial charge in [0, 0.05) is 6.20 Å². The van der Waals surface area contributed by atoms with Gasteiger partial charge in [0.1, 0.15) is 11.6 Å². The molecule has 1 aliphatic heterocycles. The monoisotopic (exact) mass is 209 g/mol. The number of nitrogens with one attached hydrogen (secondary N) is 1. The summed E-state index contributed by atoms with van der Waals surface area (Å²) in [7, 11) is 0. The summed E-state index contributed by atoms with van der Waals surface area (Å²) < 4.78 is 10.9. The van der Waals surface area contributed by atoms with Crippen molar-refractivity contribution in [1.29, 1.82) is 0 Å². The zero-order valence-electron chi connectivity index (χ0n) is 8.99. The summed E-state index contributed by atoms with van der Waals surface area (Å²) >= 11 is 0. The Labute approximate surface area is 88.8 Å². The first-order valence-corrected chi connectivity index (χ1v) is 4.99. The molecule has 0 aliphatic carbocycles. The zero-order valence-corrected chi connectivity index (χ0v) is 8.99. The summed E-state index contributed by atoms with van der Waals surface area (Å²) in [6, 6.07) is 1.82. The lowest BCUT2D eigenvalue weighted by molar-refractivity contribution is -0.129. The minimum Gasteiger partial charge on any atom is -0.365 e. The van der Waals surface area contributed by atoms with Gasteiger partial charge in [-0.15, -0.1) is 0 Å². The Morgan fingerprint density at radius 3 is 2.87 bits per heavy atom. The van der Waals surface area contributed by atoms with Gasteiger partial charge in [-0.05, 0) is 19.9 Å². The Hall–Kier alpha value is -1.20. The summed E-state index contributed by atoms with van der Waals surface area (Å²) in [5.41, 5.74) is 0.